The molecule has 1 atom stereocenters. The third-order valence-electron chi connectivity index (χ3n) is 6.69. The summed E-state index contributed by atoms with van der Waals surface area (Å²) in [6.07, 6.45) is 6.25. The number of imidazole rings is 1. The summed E-state index contributed by atoms with van der Waals surface area (Å²) in [7, 11) is 3.40. The van der Waals surface area contributed by atoms with Gasteiger partial charge in [-0.05, 0) is 56.6 Å². The van der Waals surface area contributed by atoms with Crippen LogP contribution in [0.4, 0.5) is 0 Å². The Bertz CT molecular complexity index is 925. The topological polar surface area (TPSA) is 32.8 Å². The van der Waals surface area contributed by atoms with Crippen LogP contribution < -0.4 is 14.4 Å². The van der Waals surface area contributed by atoms with Crippen molar-refractivity contribution in [2.45, 2.75) is 65.2 Å². The molecule has 1 aliphatic heterocycles. The fourth-order valence-electron chi connectivity index (χ4n) is 4.95. The van der Waals surface area contributed by atoms with Gasteiger partial charge in [0.1, 0.15) is 6.54 Å². The number of benzene rings is 1. The van der Waals surface area contributed by atoms with Gasteiger partial charge in [-0.15, -0.1) is 0 Å². The maximum atomic E-state index is 5.93. The van der Waals surface area contributed by atoms with Crippen LogP contribution in [0.3, 0.4) is 0 Å². The number of aromatic nitrogens is 2. The van der Waals surface area contributed by atoms with Crippen molar-refractivity contribution in [3.63, 3.8) is 0 Å². The minimum atomic E-state index is 0.598. The first-order valence-corrected chi connectivity index (χ1v) is 10.8. The van der Waals surface area contributed by atoms with E-state index in [1.54, 1.807) is 19.1 Å². The molecule has 1 aromatic carbocycles. The van der Waals surface area contributed by atoms with Gasteiger partial charge >= 0.3 is 0 Å². The highest BCUT2D eigenvalue weighted by Gasteiger charge is 2.26. The van der Waals surface area contributed by atoms with Crippen LogP contribution in [0, 0.1) is 18.6 Å². The van der Waals surface area contributed by atoms with Crippen LogP contribution in [-0.4, -0.2) is 29.9 Å². The van der Waals surface area contributed by atoms with Crippen LogP contribution in [0.25, 0.3) is 0 Å². The van der Waals surface area contributed by atoms with Gasteiger partial charge in [0.05, 0.1) is 20.8 Å². The predicted octanol–water partition coefficient (Wildman–Crippen LogP) is 3.37. The van der Waals surface area contributed by atoms with Gasteiger partial charge < -0.3 is 18.9 Å². The first-order valence-electron chi connectivity index (χ1n) is 10.4. The SMILES string of the molecule is COc1cc2c(cc1OC)C[NH+](Cn1c(C)c(C)n(C3CCCC3)c1=S)CC2. The number of hydrogen-bond donors (Lipinski definition) is 1. The summed E-state index contributed by atoms with van der Waals surface area (Å²) in [6, 6.07) is 4.89. The predicted molar refractivity (Wildman–Crippen MR) is 113 cm³/mol. The highest BCUT2D eigenvalue weighted by atomic mass is 32.1. The van der Waals surface area contributed by atoms with Crippen LogP contribution in [0.15, 0.2) is 12.1 Å². The molecule has 1 N–H and O–H groups in total. The van der Waals surface area contributed by atoms with Crippen molar-refractivity contribution in [1.29, 1.82) is 0 Å². The molecule has 1 unspecified atom stereocenters. The number of fused-ring (bicyclic) bond motifs is 1. The second-order valence-corrected chi connectivity index (χ2v) is 8.62. The molecule has 0 amide bonds. The fraction of sp³-hybridized carbons (Fsp3) is 0.591. The lowest BCUT2D eigenvalue weighted by Gasteiger charge is -2.27. The number of nitrogens with one attached hydrogen (secondary N) is 1. The molecule has 0 spiro atoms. The second kappa shape index (κ2) is 7.91. The highest BCUT2D eigenvalue weighted by molar-refractivity contribution is 7.71. The summed E-state index contributed by atoms with van der Waals surface area (Å²) in [5.74, 6) is 1.64. The molecule has 28 heavy (non-hydrogen) atoms. The highest BCUT2D eigenvalue weighted by Crippen LogP contribution is 2.33. The number of rotatable bonds is 5. The molecule has 6 heteroatoms. The maximum Gasteiger partial charge on any atom is 0.184 e. The van der Waals surface area contributed by atoms with E-state index in [1.165, 1.54) is 48.2 Å². The normalized spacial score (nSPS) is 19.6. The summed E-state index contributed by atoms with van der Waals surface area (Å²) in [6.45, 7) is 7.49. The molecule has 0 bridgehead atoms. The Morgan fingerprint density at radius 3 is 2.32 bits per heavy atom. The Morgan fingerprint density at radius 2 is 1.68 bits per heavy atom. The number of ether oxygens (including phenoxy) is 2. The third-order valence-corrected chi connectivity index (χ3v) is 7.11. The summed E-state index contributed by atoms with van der Waals surface area (Å²) in [5.41, 5.74) is 5.40. The Labute approximate surface area is 172 Å². The van der Waals surface area contributed by atoms with E-state index in [0.29, 0.717) is 6.04 Å². The molecule has 4 rings (SSSR count). The number of methoxy groups -OCH3 is 2. The van der Waals surface area contributed by atoms with E-state index in [0.717, 1.165) is 42.4 Å². The van der Waals surface area contributed by atoms with E-state index in [9.17, 15) is 0 Å². The van der Waals surface area contributed by atoms with Crippen molar-refractivity contribution in [3.8, 4) is 11.5 Å². The zero-order valence-corrected chi connectivity index (χ0v) is 18.3. The molecule has 1 aromatic heterocycles. The molecule has 0 radical (unpaired) electrons. The minimum Gasteiger partial charge on any atom is -0.493 e. The van der Waals surface area contributed by atoms with Gasteiger partial charge in [-0.2, -0.15) is 0 Å². The van der Waals surface area contributed by atoms with Crippen molar-refractivity contribution in [1.82, 2.24) is 9.13 Å². The Kier molecular flexibility index (Phi) is 5.52. The molecule has 0 saturated heterocycles. The smallest absolute Gasteiger partial charge is 0.184 e. The van der Waals surface area contributed by atoms with E-state index in [-0.39, 0.29) is 0 Å². The summed E-state index contributed by atoms with van der Waals surface area (Å²) < 4.78 is 16.8. The molecular formula is C22H32N3O2S+. The van der Waals surface area contributed by atoms with E-state index < -0.39 is 0 Å². The zero-order valence-electron chi connectivity index (χ0n) is 17.5. The molecular weight excluding hydrogens is 370 g/mol. The molecule has 1 saturated carbocycles. The zero-order chi connectivity index (χ0) is 19.8. The van der Waals surface area contributed by atoms with Gasteiger partial charge in [0.25, 0.3) is 0 Å². The first kappa shape index (κ1) is 19.5. The number of hydrogen-bond acceptors (Lipinski definition) is 3. The lowest BCUT2D eigenvalue weighted by molar-refractivity contribution is -0.938. The van der Waals surface area contributed by atoms with E-state index >= 15 is 0 Å². The molecule has 152 valence electrons. The number of nitrogens with zero attached hydrogens (tertiary/aromatic N) is 2. The monoisotopic (exact) mass is 402 g/mol. The third kappa shape index (κ3) is 3.37. The second-order valence-electron chi connectivity index (χ2n) is 8.25. The van der Waals surface area contributed by atoms with Crippen LogP contribution >= 0.6 is 12.2 Å². The quantitative estimate of drug-likeness (QED) is 0.779. The van der Waals surface area contributed by atoms with Gasteiger partial charge in [0.15, 0.2) is 22.9 Å². The van der Waals surface area contributed by atoms with Crippen molar-refractivity contribution < 1.29 is 14.4 Å². The van der Waals surface area contributed by atoms with Crippen LogP contribution in [0.5, 0.6) is 11.5 Å². The van der Waals surface area contributed by atoms with Gasteiger partial charge in [-0.3, -0.25) is 4.57 Å². The average molecular weight is 403 g/mol. The summed E-state index contributed by atoms with van der Waals surface area (Å²) >= 11 is 5.93. The van der Waals surface area contributed by atoms with E-state index in [1.807, 2.05) is 0 Å². The van der Waals surface area contributed by atoms with Crippen molar-refractivity contribution >= 4 is 12.2 Å². The summed E-state index contributed by atoms with van der Waals surface area (Å²) in [4.78, 5) is 1.54. The minimum absolute atomic E-state index is 0.598. The van der Waals surface area contributed by atoms with Gasteiger partial charge in [-0.25, -0.2) is 0 Å². The maximum absolute atomic E-state index is 5.93. The summed E-state index contributed by atoms with van der Waals surface area (Å²) in [5, 5.41) is 0. The molecule has 1 aliphatic carbocycles. The Hall–Kier alpha value is -1.79. The lowest BCUT2D eigenvalue weighted by atomic mass is 9.99. The molecule has 2 aliphatic rings. The van der Waals surface area contributed by atoms with Crippen LogP contribution in [-0.2, 0) is 19.6 Å². The van der Waals surface area contributed by atoms with Crippen molar-refractivity contribution in [2.24, 2.45) is 0 Å². The Balaban J connectivity index is 1.58. The largest absolute Gasteiger partial charge is 0.493 e. The fourth-order valence-corrected chi connectivity index (χ4v) is 5.44. The van der Waals surface area contributed by atoms with Gasteiger partial charge in [-0.1, -0.05) is 12.8 Å². The molecule has 2 heterocycles. The standard InChI is InChI=1S/C22H31N3O2S/c1-15-16(2)25(19-7-5-6-8-19)22(28)24(15)14-23-10-9-17-11-20(26-3)21(27-4)12-18(17)13-23/h11-12,19H,5-10,13-14H2,1-4H3/p+1. The van der Waals surface area contributed by atoms with Gasteiger partial charge in [0, 0.05) is 29.4 Å². The van der Waals surface area contributed by atoms with Crippen LogP contribution in [0.1, 0.15) is 54.2 Å². The lowest BCUT2D eigenvalue weighted by Crippen LogP contribution is -3.11. The van der Waals surface area contributed by atoms with Crippen molar-refractivity contribution in [3.05, 3.63) is 39.4 Å². The van der Waals surface area contributed by atoms with E-state index in [4.69, 9.17) is 21.7 Å². The average Bonchev–Trinajstić information content (AvgIpc) is 3.30. The van der Waals surface area contributed by atoms with E-state index in [2.05, 4.69) is 35.1 Å². The number of quaternary nitrogens is 1. The molecule has 2 aromatic rings. The molecule has 5 nitrogen and oxygen atoms in total. The van der Waals surface area contributed by atoms with Crippen molar-refractivity contribution in [2.75, 3.05) is 20.8 Å². The van der Waals surface area contributed by atoms with Crippen LogP contribution in [0.2, 0.25) is 0 Å². The van der Waals surface area contributed by atoms with Gasteiger partial charge in [0.2, 0.25) is 0 Å². The Morgan fingerprint density at radius 1 is 1.04 bits per heavy atom. The molecule has 1 fully saturated rings. The first-order chi connectivity index (χ1) is 13.5.